The molecule has 1 aromatic heterocycles. The van der Waals surface area contributed by atoms with E-state index in [0.717, 1.165) is 16.9 Å². The predicted octanol–water partition coefficient (Wildman–Crippen LogP) is 3.71. The highest BCUT2D eigenvalue weighted by Gasteiger charge is 2.09. The van der Waals surface area contributed by atoms with Gasteiger partial charge in [0.1, 0.15) is 23.0 Å². The first-order valence-electron chi connectivity index (χ1n) is 5.66. The second kappa shape index (κ2) is 6.08. The van der Waals surface area contributed by atoms with Crippen molar-refractivity contribution in [2.75, 3.05) is 12.4 Å². The van der Waals surface area contributed by atoms with E-state index in [9.17, 15) is 0 Å². The molecule has 0 saturated carbocycles. The molecular weight excluding hydrogens is 285 g/mol. The molecule has 2 rings (SSSR count). The van der Waals surface area contributed by atoms with Gasteiger partial charge < -0.3 is 10.1 Å². The molecule has 4 nitrogen and oxygen atoms in total. The molecule has 0 aliphatic rings. The molecule has 0 atom stereocenters. The van der Waals surface area contributed by atoms with Gasteiger partial charge in [0, 0.05) is 22.7 Å². The van der Waals surface area contributed by atoms with Crippen molar-refractivity contribution in [3.8, 4) is 5.75 Å². The van der Waals surface area contributed by atoms with Crippen LogP contribution in [-0.2, 0) is 6.54 Å². The highest BCUT2D eigenvalue weighted by atomic mass is 35.5. The van der Waals surface area contributed by atoms with Crippen LogP contribution < -0.4 is 10.1 Å². The van der Waals surface area contributed by atoms with Gasteiger partial charge in [-0.15, -0.1) is 0 Å². The molecule has 0 aliphatic carbocycles. The summed E-state index contributed by atoms with van der Waals surface area (Å²) in [6, 6.07) is 5.53. The van der Waals surface area contributed by atoms with Crippen molar-refractivity contribution in [2.45, 2.75) is 13.5 Å². The Kier molecular flexibility index (Phi) is 4.45. The SMILES string of the molecule is COc1cccc(Cl)c1CNc1ncnc(Cl)c1C. The van der Waals surface area contributed by atoms with Crippen LogP contribution >= 0.6 is 23.2 Å². The fraction of sp³-hybridized carbons (Fsp3) is 0.231. The molecule has 0 saturated heterocycles. The van der Waals surface area contributed by atoms with E-state index in [-0.39, 0.29) is 0 Å². The Bertz CT molecular complexity index is 590. The number of benzene rings is 1. The molecule has 0 radical (unpaired) electrons. The van der Waals surface area contributed by atoms with E-state index in [0.29, 0.717) is 22.5 Å². The Morgan fingerprint density at radius 2 is 2.05 bits per heavy atom. The van der Waals surface area contributed by atoms with Gasteiger partial charge in [-0.05, 0) is 19.1 Å². The molecule has 1 N–H and O–H groups in total. The molecule has 1 aromatic carbocycles. The number of nitrogens with one attached hydrogen (secondary N) is 1. The Hall–Kier alpha value is -1.52. The van der Waals surface area contributed by atoms with Gasteiger partial charge >= 0.3 is 0 Å². The second-order valence-electron chi connectivity index (χ2n) is 3.91. The normalized spacial score (nSPS) is 10.3. The topological polar surface area (TPSA) is 47.0 Å². The number of hydrogen-bond acceptors (Lipinski definition) is 4. The monoisotopic (exact) mass is 297 g/mol. The lowest BCUT2D eigenvalue weighted by Gasteiger charge is -2.13. The largest absolute Gasteiger partial charge is 0.496 e. The number of rotatable bonds is 4. The van der Waals surface area contributed by atoms with Crippen LogP contribution in [0.3, 0.4) is 0 Å². The summed E-state index contributed by atoms with van der Waals surface area (Å²) in [5.74, 6) is 1.42. The smallest absolute Gasteiger partial charge is 0.137 e. The van der Waals surface area contributed by atoms with E-state index < -0.39 is 0 Å². The van der Waals surface area contributed by atoms with Crippen LogP contribution in [0.25, 0.3) is 0 Å². The zero-order valence-corrected chi connectivity index (χ0v) is 12.1. The lowest BCUT2D eigenvalue weighted by Crippen LogP contribution is -2.06. The Morgan fingerprint density at radius 1 is 1.26 bits per heavy atom. The number of hydrogen-bond donors (Lipinski definition) is 1. The third kappa shape index (κ3) is 3.08. The number of anilines is 1. The maximum Gasteiger partial charge on any atom is 0.137 e. The summed E-state index contributed by atoms with van der Waals surface area (Å²) in [6.45, 7) is 2.35. The average Bonchev–Trinajstić information content (AvgIpc) is 2.41. The first-order valence-corrected chi connectivity index (χ1v) is 6.41. The van der Waals surface area contributed by atoms with Crippen LogP contribution in [0.4, 0.5) is 5.82 Å². The summed E-state index contributed by atoms with van der Waals surface area (Å²) >= 11 is 12.1. The van der Waals surface area contributed by atoms with Crippen molar-refractivity contribution < 1.29 is 4.74 Å². The quantitative estimate of drug-likeness (QED) is 0.874. The molecule has 0 bridgehead atoms. The lowest BCUT2D eigenvalue weighted by atomic mass is 10.2. The minimum atomic E-state index is 0.434. The third-order valence-corrected chi connectivity index (χ3v) is 3.49. The minimum Gasteiger partial charge on any atom is -0.496 e. The molecule has 19 heavy (non-hydrogen) atoms. The molecule has 0 spiro atoms. The van der Waals surface area contributed by atoms with Gasteiger partial charge in [0.15, 0.2) is 0 Å². The van der Waals surface area contributed by atoms with Crippen molar-refractivity contribution in [3.63, 3.8) is 0 Å². The third-order valence-electron chi connectivity index (χ3n) is 2.75. The number of nitrogens with zero attached hydrogens (tertiary/aromatic N) is 2. The van der Waals surface area contributed by atoms with Crippen LogP contribution in [0.15, 0.2) is 24.5 Å². The maximum atomic E-state index is 6.17. The summed E-state index contributed by atoms with van der Waals surface area (Å²) < 4.78 is 5.29. The van der Waals surface area contributed by atoms with Crippen molar-refractivity contribution >= 4 is 29.0 Å². The Balaban J connectivity index is 2.21. The molecule has 0 amide bonds. The van der Waals surface area contributed by atoms with E-state index >= 15 is 0 Å². The molecule has 2 aromatic rings. The van der Waals surface area contributed by atoms with E-state index in [1.807, 2.05) is 25.1 Å². The summed E-state index contributed by atoms with van der Waals surface area (Å²) in [7, 11) is 1.61. The van der Waals surface area contributed by atoms with Crippen molar-refractivity contribution in [3.05, 3.63) is 45.8 Å². The predicted molar refractivity (Wildman–Crippen MR) is 77.1 cm³/mol. The summed E-state index contributed by atoms with van der Waals surface area (Å²) in [5.41, 5.74) is 1.68. The van der Waals surface area contributed by atoms with Crippen LogP contribution in [0, 0.1) is 6.92 Å². The summed E-state index contributed by atoms with van der Waals surface area (Å²) in [6.07, 6.45) is 1.42. The van der Waals surface area contributed by atoms with E-state index in [1.54, 1.807) is 7.11 Å². The van der Waals surface area contributed by atoms with Gasteiger partial charge in [-0.1, -0.05) is 29.3 Å². The zero-order valence-electron chi connectivity index (χ0n) is 10.6. The lowest BCUT2D eigenvalue weighted by molar-refractivity contribution is 0.410. The van der Waals surface area contributed by atoms with E-state index in [2.05, 4.69) is 15.3 Å². The molecular formula is C13H13Cl2N3O. The molecule has 0 aliphatic heterocycles. The summed E-state index contributed by atoms with van der Waals surface area (Å²) in [4.78, 5) is 8.06. The van der Waals surface area contributed by atoms with Crippen LogP contribution in [0.2, 0.25) is 10.2 Å². The summed E-state index contributed by atoms with van der Waals surface area (Å²) in [5, 5.41) is 4.26. The zero-order chi connectivity index (χ0) is 13.8. The molecule has 6 heteroatoms. The fourth-order valence-corrected chi connectivity index (χ4v) is 2.05. The van der Waals surface area contributed by atoms with Crippen LogP contribution in [-0.4, -0.2) is 17.1 Å². The van der Waals surface area contributed by atoms with Crippen molar-refractivity contribution in [1.82, 2.24) is 9.97 Å². The second-order valence-corrected chi connectivity index (χ2v) is 4.68. The van der Waals surface area contributed by atoms with Gasteiger partial charge in [0.2, 0.25) is 0 Å². The minimum absolute atomic E-state index is 0.434. The van der Waals surface area contributed by atoms with Gasteiger partial charge in [0.25, 0.3) is 0 Å². The number of methoxy groups -OCH3 is 1. The van der Waals surface area contributed by atoms with Gasteiger partial charge in [-0.2, -0.15) is 0 Å². The van der Waals surface area contributed by atoms with Gasteiger partial charge in [0.05, 0.1) is 7.11 Å². The fourth-order valence-electron chi connectivity index (χ4n) is 1.68. The van der Waals surface area contributed by atoms with Crippen LogP contribution in [0.5, 0.6) is 5.75 Å². The van der Waals surface area contributed by atoms with Gasteiger partial charge in [-0.25, -0.2) is 9.97 Å². The Morgan fingerprint density at radius 3 is 2.79 bits per heavy atom. The first kappa shape index (κ1) is 13.9. The van der Waals surface area contributed by atoms with E-state index in [1.165, 1.54) is 6.33 Å². The maximum absolute atomic E-state index is 6.17. The van der Waals surface area contributed by atoms with Crippen LogP contribution in [0.1, 0.15) is 11.1 Å². The van der Waals surface area contributed by atoms with E-state index in [4.69, 9.17) is 27.9 Å². The highest BCUT2D eigenvalue weighted by molar-refractivity contribution is 6.31. The van der Waals surface area contributed by atoms with Gasteiger partial charge in [-0.3, -0.25) is 0 Å². The number of ether oxygens (including phenoxy) is 1. The molecule has 0 unspecified atom stereocenters. The highest BCUT2D eigenvalue weighted by Crippen LogP contribution is 2.27. The molecule has 100 valence electrons. The standard InChI is InChI=1S/C13H13Cl2N3O/c1-8-12(15)17-7-18-13(8)16-6-9-10(14)4-3-5-11(9)19-2/h3-5,7H,6H2,1-2H3,(H,16,17,18). The number of halogens is 2. The number of aromatic nitrogens is 2. The first-order chi connectivity index (χ1) is 9.13. The molecule has 0 fully saturated rings. The average molecular weight is 298 g/mol. The Labute approximate surface area is 121 Å². The molecule has 1 heterocycles. The van der Waals surface area contributed by atoms with Crippen molar-refractivity contribution in [2.24, 2.45) is 0 Å². The van der Waals surface area contributed by atoms with Crippen molar-refractivity contribution in [1.29, 1.82) is 0 Å².